The fraction of sp³-hybridized carbons (Fsp3) is 0.316. The third kappa shape index (κ3) is 6.50. The van der Waals surface area contributed by atoms with Gasteiger partial charge < -0.3 is 14.6 Å². The van der Waals surface area contributed by atoms with Gasteiger partial charge in [0.1, 0.15) is 5.75 Å². The summed E-state index contributed by atoms with van der Waals surface area (Å²) in [5, 5.41) is 11.1. The zero-order valence-electron chi connectivity index (χ0n) is 14.6. The summed E-state index contributed by atoms with van der Waals surface area (Å²) in [5.74, 6) is -0.909. The maximum Gasteiger partial charge on any atom is 0.216 e. The molecule has 1 N–H and O–H groups in total. The molecule has 0 amide bonds. The average Bonchev–Trinajstić information content (AvgIpc) is 2.59. The van der Waals surface area contributed by atoms with Gasteiger partial charge >= 0.3 is 0 Å². The van der Waals surface area contributed by atoms with E-state index in [1.807, 2.05) is 6.92 Å². The van der Waals surface area contributed by atoms with Crippen molar-refractivity contribution in [3.63, 3.8) is 0 Å². The number of carbonyl (C=O) groups is 1. The van der Waals surface area contributed by atoms with Crippen LogP contribution in [0.5, 0.6) is 5.75 Å². The highest BCUT2D eigenvalue weighted by atomic mass is 32.2. The topological polar surface area (TPSA) is 95.5 Å². The van der Waals surface area contributed by atoms with Gasteiger partial charge in [0.2, 0.25) is 10.0 Å². The fourth-order valence-electron chi connectivity index (χ4n) is 2.46. The Morgan fingerprint density at radius 1 is 1.12 bits per heavy atom. The third-order valence-electron chi connectivity index (χ3n) is 3.65. The zero-order chi connectivity index (χ0) is 19.0. The summed E-state index contributed by atoms with van der Waals surface area (Å²) in [7, 11) is -3.72. The molecule has 0 aliphatic rings. The van der Waals surface area contributed by atoms with E-state index in [1.54, 1.807) is 54.6 Å². The summed E-state index contributed by atoms with van der Waals surface area (Å²) >= 11 is 0. The number of sulfonamides is 1. The van der Waals surface area contributed by atoms with Crippen LogP contribution in [0.3, 0.4) is 0 Å². The van der Waals surface area contributed by atoms with E-state index in [1.165, 1.54) is 0 Å². The molecule has 6 nitrogen and oxygen atoms in total. The second kappa shape index (κ2) is 9.35. The Morgan fingerprint density at radius 2 is 1.77 bits per heavy atom. The van der Waals surface area contributed by atoms with Crippen LogP contribution in [-0.4, -0.2) is 21.0 Å². The highest BCUT2D eigenvalue weighted by molar-refractivity contribution is 7.88. The van der Waals surface area contributed by atoms with Crippen LogP contribution in [0.1, 0.15) is 36.9 Å². The van der Waals surface area contributed by atoms with Gasteiger partial charge in [-0.1, -0.05) is 49.4 Å². The Labute approximate surface area is 153 Å². The lowest BCUT2D eigenvalue weighted by Gasteiger charge is -2.20. The Kier molecular flexibility index (Phi) is 7.17. The number of nitrogens with one attached hydrogen (secondary N) is 1. The summed E-state index contributed by atoms with van der Waals surface area (Å²) in [4.78, 5) is 11.1. The Balaban J connectivity index is 2.14. The molecule has 1 atom stereocenters. The molecule has 0 fully saturated rings. The maximum atomic E-state index is 12.4. The minimum Gasteiger partial charge on any atom is -0.550 e. The quantitative estimate of drug-likeness (QED) is 0.682. The summed E-state index contributed by atoms with van der Waals surface area (Å²) in [5.41, 5.74) is 1.16. The number of ether oxygens (including phenoxy) is 1. The van der Waals surface area contributed by atoms with Crippen molar-refractivity contribution in [2.24, 2.45) is 0 Å². The summed E-state index contributed by atoms with van der Waals surface area (Å²) in [6.07, 6.45) is 0.414. The van der Waals surface area contributed by atoms with E-state index in [-0.39, 0.29) is 5.75 Å². The van der Waals surface area contributed by atoms with E-state index in [0.29, 0.717) is 23.5 Å². The van der Waals surface area contributed by atoms with Crippen LogP contribution in [0, 0.1) is 0 Å². The number of carboxylic acids is 1. The van der Waals surface area contributed by atoms with Crippen LogP contribution in [0.4, 0.5) is 0 Å². The van der Waals surface area contributed by atoms with Crippen LogP contribution in [-0.2, 0) is 20.6 Å². The maximum absolute atomic E-state index is 12.4. The van der Waals surface area contributed by atoms with Crippen LogP contribution < -0.4 is 14.6 Å². The van der Waals surface area contributed by atoms with Gasteiger partial charge in [0, 0.05) is 12.4 Å². The lowest BCUT2D eigenvalue weighted by molar-refractivity contribution is -0.306. The summed E-state index contributed by atoms with van der Waals surface area (Å²) in [6.45, 7) is 2.57. The first-order valence-corrected chi connectivity index (χ1v) is 10.0. The molecule has 0 aliphatic carbocycles. The molecule has 2 aromatic rings. The second-order valence-electron chi connectivity index (χ2n) is 5.91. The summed E-state index contributed by atoms with van der Waals surface area (Å²) in [6, 6.07) is 14.5. The molecule has 0 aliphatic heterocycles. The average molecular weight is 376 g/mol. The van der Waals surface area contributed by atoms with Crippen molar-refractivity contribution in [3.8, 4) is 5.75 Å². The molecule has 0 saturated carbocycles. The molecule has 0 bridgehead atoms. The van der Waals surface area contributed by atoms with Crippen LogP contribution in [0.25, 0.3) is 0 Å². The van der Waals surface area contributed by atoms with Gasteiger partial charge in [0.15, 0.2) is 0 Å². The molecule has 2 rings (SSSR count). The second-order valence-corrected chi connectivity index (χ2v) is 7.66. The van der Waals surface area contributed by atoms with Crippen molar-refractivity contribution in [2.75, 3.05) is 6.61 Å². The fourth-order valence-corrected chi connectivity index (χ4v) is 3.83. The van der Waals surface area contributed by atoms with Crippen molar-refractivity contribution in [2.45, 2.75) is 31.6 Å². The van der Waals surface area contributed by atoms with Gasteiger partial charge in [-0.15, -0.1) is 0 Å². The zero-order valence-corrected chi connectivity index (χ0v) is 15.4. The molecule has 0 unspecified atom stereocenters. The number of hydrogen-bond donors (Lipinski definition) is 1. The number of aliphatic carboxylic acids is 1. The molecule has 0 aromatic heterocycles. The molecule has 7 heteroatoms. The van der Waals surface area contributed by atoms with Crippen molar-refractivity contribution in [1.82, 2.24) is 4.72 Å². The molecule has 0 radical (unpaired) electrons. The van der Waals surface area contributed by atoms with Gasteiger partial charge in [-0.25, -0.2) is 13.1 Å². The predicted octanol–water partition coefficient (Wildman–Crippen LogP) is 1.78. The normalized spacial score (nSPS) is 12.5. The van der Waals surface area contributed by atoms with E-state index < -0.39 is 28.5 Å². The molecule has 0 heterocycles. The Morgan fingerprint density at radius 3 is 2.35 bits per heavy atom. The van der Waals surface area contributed by atoms with Gasteiger partial charge in [-0.2, -0.15) is 0 Å². The minimum atomic E-state index is -3.72. The molecular formula is C19H22NO5S-. The van der Waals surface area contributed by atoms with Gasteiger partial charge in [-0.05, 0) is 29.7 Å². The lowest BCUT2D eigenvalue weighted by atomic mass is 10.0. The SMILES string of the molecule is CCCOc1ccc([C@H](CC(=O)[O-])NS(=O)(=O)Cc2ccccc2)cc1. The molecule has 2 aromatic carbocycles. The van der Waals surface area contributed by atoms with E-state index >= 15 is 0 Å². The number of carbonyl (C=O) groups excluding carboxylic acids is 1. The highest BCUT2D eigenvalue weighted by Gasteiger charge is 2.20. The monoisotopic (exact) mass is 376 g/mol. The van der Waals surface area contributed by atoms with Gasteiger partial charge in [0.05, 0.1) is 18.4 Å². The number of rotatable bonds is 10. The number of carboxylic acid groups (broad SMARTS) is 1. The Hall–Kier alpha value is -2.38. The molecule has 26 heavy (non-hydrogen) atoms. The smallest absolute Gasteiger partial charge is 0.216 e. The number of benzene rings is 2. The van der Waals surface area contributed by atoms with Crippen LogP contribution in [0.2, 0.25) is 0 Å². The van der Waals surface area contributed by atoms with Crippen molar-refractivity contribution < 1.29 is 23.1 Å². The molecule has 0 saturated heterocycles. The van der Waals surface area contributed by atoms with E-state index in [4.69, 9.17) is 4.74 Å². The lowest BCUT2D eigenvalue weighted by Crippen LogP contribution is -2.34. The number of hydrogen-bond acceptors (Lipinski definition) is 5. The Bertz CT molecular complexity index is 804. The van der Waals surface area contributed by atoms with Crippen molar-refractivity contribution in [1.29, 1.82) is 0 Å². The minimum absolute atomic E-state index is 0.227. The standard InChI is InChI=1S/C19H23NO5S/c1-2-12-25-17-10-8-16(9-11-17)18(13-19(21)22)20-26(23,24)14-15-6-4-3-5-7-15/h3-11,18,20H,2,12-14H2,1H3,(H,21,22)/p-1/t18-/m0/s1. The van der Waals surface area contributed by atoms with Gasteiger partial charge in [0.25, 0.3) is 0 Å². The molecular weight excluding hydrogens is 354 g/mol. The van der Waals surface area contributed by atoms with E-state index in [9.17, 15) is 18.3 Å². The first kappa shape index (κ1) is 19.9. The molecule has 140 valence electrons. The first-order chi connectivity index (χ1) is 12.4. The predicted molar refractivity (Wildman–Crippen MR) is 96.8 cm³/mol. The van der Waals surface area contributed by atoms with E-state index in [0.717, 1.165) is 6.42 Å². The largest absolute Gasteiger partial charge is 0.550 e. The summed E-state index contributed by atoms with van der Waals surface area (Å²) < 4.78 is 32.8. The molecule has 0 spiro atoms. The van der Waals surface area contributed by atoms with Gasteiger partial charge in [-0.3, -0.25) is 0 Å². The van der Waals surface area contributed by atoms with E-state index in [2.05, 4.69) is 4.72 Å². The highest BCUT2D eigenvalue weighted by Crippen LogP contribution is 2.22. The first-order valence-electron chi connectivity index (χ1n) is 8.36. The third-order valence-corrected chi connectivity index (χ3v) is 5.00. The van der Waals surface area contributed by atoms with Crippen LogP contribution in [0.15, 0.2) is 54.6 Å². The van der Waals surface area contributed by atoms with Crippen LogP contribution >= 0.6 is 0 Å². The van der Waals surface area contributed by atoms with Crippen molar-refractivity contribution >= 4 is 16.0 Å². The van der Waals surface area contributed by atoms with Crippen molar-refractivity contribution in [3.05, 3.63) is 65.7 Å².